The molecular formula is C16H13FO2S. The third-order valence-corrected chi connectivity index (χ3v) is 3.78. The van der Waals surface area contributed by atoms with Crippen molar-refractivity contribution >= 4 is 23.8 Å². The Bertz CT molecular complexity index is 638. The third-order valence-electron chi connectivity index (χ3n) is 2.68. The molecule has 2 aromatic rings. The Morgan fingerprint density at radius 3 is 2.60 bits per heavy atom. The lowest BCUT2D eigenvalue weighted by Crippen LogP contribution is -1.90. The first-order valence-corrected chi connectivity index (χ1v) is 7.01. The largest absolute Gasteiger partial charge is 0.478 e. The van der Waals surface area contributed by atoms with Gasteiger partial charge in [-0.25, -0.2) is 9.18 Å². The molecule has 0 aromatic heterocycles. The van der Waals surface area contributed by atoms with Gasteiger partial charge in [0.2, 0.25) is 0 Å². The van der Waals surface area contributed by atoms with Gasteiger partial charge in [0.15, 0.2) is 0 Å². The van der Waals surface area contributed by atoms with Crippen LogP contribution in [0.15, 0.2) is 59.5 Å². The standard InChI is InChI=1S/C16H13FO2S/c17-14-7-3-4-8-15(14)20-11-13-6-2-1-5-12(13)9-10-16(18)19/h1-10H,11H2,(H,18,19). The number of carboxylic acids is 1. The smallest absolute Gasteiger partial charge is 0.328 e. The Morgan fingerprint density at radius 2 is 1.85 bits per heavy atom. The van der Waals surface area contributed by atoms with Gasteiger partial charge in [-0.2, -0.15) is 0 Å². The van der Waals surface area contributed by atoms with Gasteiger partial charge in [-0.15, -0.1) is 11.8 Å². The summed E-state index contributed by atoms with van der Waals surface area (Å²) in [5.41, 5.74) is 1.80. The minimum atomic E-state index is -0.985. The highest BCUT2D eigenvalue weighted by Crippen LogP contribution is 2.26. The first-order valence-electron chi connectivity index (χ1n) is 6.03. The van der Waals surface area contributed by atoms with Crippen LogP contribution in [-0.2, 0) is 10.5 Å². The molecule has 0 heterocycles. The lowest BCUT2D eigenvalue weighted by molar-refractivity contribution is -0.131. The van der Waals surface area contributed by atoms with Crippen molar-refractivity contribution in [2.24, 2.45) is 0 Å². The van der Waals surface area contributed by atoms with E-state index in [4.69, 9.17) is 5.11 Å². The number of rotatable bonds is 5. The molecule has 0 aliphatic rings. The SMILES string of the molecule is O=C(O)C=Cc1ccccc1CSc1ccccc1F. The summed E-state index contributed by atoms with van der Waals surface area (Å²) in [6.45, 7) is 0. The second-order valence-corrected chi connectivity index (χ2v) is 5.11. The highest BCUT2D eigenvalue weighted by atomic mass is 32.2. The summed E-state index contributed by atoms with van der Waals surface area (Å²) in [7, 11) is 0. The molecule has 1 N–H and O–H groups in total. The van der Waals surface area contributed by atoms with E-state index in [1.54, 1.807) is 24.3 Å². The molecule has 4 heteroatoms. The van der Waals surface area contributed by atoms with Gasteiger partial charge >= 0.3 is 5.97 Å². The van der Waals surface area contributed by atoms with E-state index in [9.17, 15) is 9.18 Å². The van der Waals surface area contributed by atoms with Crippen molar-refractivity contribution in [3.63, 3.8) is 0 Å². The molecule has 0 bridgehead atoms. The van der Waals surface area contributed by atoms with E-state index >= 15 is 0 Å². The van der Waals surface area contributed by atoms with Crippen molar-refractivity contribution in [1.82, 2.24) is 0 Å². The van der Waals surface area contributed by atoms with Crippen molar-refractivity contribution in [2.75, 3.05) is 0 Å². The Balaban J connectivity index is 2.14. The van der Waals surface area contributed by atoms with Crippen molar-refractivity contribution < 1.29 is 14.3 Å². The summed E-state index contributed by atoms with van der Waals surface area (Å²) in [5, 5.41) is 8.67. The quantitative estimate of drug-likeness (QED) is 0.661. The maximum absolute atomic E-state index is 13.5. The summed E-state index contributed by atoms with van der Waals surface area (Å²) < 4.78 is 13.5. The topological polar surface area (TPSA) is 37.3 Å². The number of carboxylic acid groups (broad SMARTS) is 1. The zero-order chi connectivity index (χ0) is 14.4. The van der Waals surface area contributed by atoms with Crippen LogP contribution >= 0.6 is 11.8 Å². The first kappa shape index (κ1) is 14.3. The lowest BCUT2D eigenvalue weighted by Gasteiger charge is -2.06. The molecule has 0 spiro atoms. The molecule has 2 rings (SSSR count). The van der Waals surface area contributed by atoms with Crippen LogP contribution in [0.3, 0.4) is 0 Å². The number of hydrogen-bond donors (Lipinski definition) is 1. The van der Waals surface area contributed by atoms with Crippen LogP contribution in [0, 0.1) is 5.82 Å². The Labute approximate surface area is 121 Å². The second kappa shape index (κ2) is 6.91. The van der Waals surface area contributed by atoms with Gasteiger partial charge in [0.05, 0.1) is 0 Å². The van der Waals surface area contributed by atoms with Gasteiger partial charge in [0, 0.05) is 16.7 Å². The average molecular weight is 288 g/mol. The minimum Gasteiger partial charge on any atom is -0.478 e. The molecule has 0 saturated heterocycles. The Kier molecular flexibility index (Phi) is 4.96. The number of thioether (sulfide) groups is 1. The number of carbonyl (C=O) groups is 1. The van der Waals surface area contributed by atoms with E-state index in [0.29, 0.717) is 10.6 Å². The molecule has 0 amide bonds. The van der Waals surface area contributed by atoms with Crippen LogP contribution in [0.4, 0.5) is 4.39 Å². The Hall–Kier alpha value is -2.07. The summed E-state index contributed by atoms with van der Waals surface area (Å²) in [6.07, 6.45) is 2.66. The summed E-state index contributed by atoms with van der Waals surface area (Å²) in [6, 6.07) is 14.1. The number of benzene rings is 2. The van der Waals surface area contributed by atoms with Gasteiger partial charge in [0.25, 0.3) is 0 Å². The van der Waals surface area contributed by atoms with Crippen LogP contribution < -0.4 is 0 Å². The summed E-state index contributed by atoms with van der Waals surface area (Å²) in [5.74, 6) is -0.640. The second-order valence-electron chi connectivity index (χ2n) is 4.09. The van der Waals surface area contributed by atoms with Gasteiger partial charge in [0.1, 0.15) is 5.82 Å². The molecule has 0 aliphatic heterocycles. The highest BCUT2D eigenvalue weighted by molar-refractivity contribution is 7.98. The van der Waals surface area contributed by atoms with Crippen LogP contribution in [0.25, 0.3) is 6.08 Å². The van der Waals surface area contributed by atoms with Crippen molar-refractivity contribution in [1.29, 1.82) is 0 Å². The van der Waals surface area contributed by atoms with Crippen molar-refractivity contribution in [3.05, 3.63) is 71.6 Å². The molecule has 2 aromatic carbocycles. The molecule has 0 saturated carbocycles. The number of aliphatic carboxylic acids is 1. The fourth-order valence-corrected chi connectivity index (χ4v) is 2.66. The van der Waals surface area contributed by atoms with E-state index in [1.807, 2.05) is 24.3 Å². The molecule has 2 nitrogen and oxygen atoms in total. The minimum absolute atomic E-state index is 0.240. The molecular weight excluding hydrogens is 275 g/mol. The first-order chi connectivity index (χ1) is 9.66. The highest BCUT2D eigenvalue weighted by Gasteiger charge is 2.04. The predicted molar refractivity (Wildman–Crippen MR) is 79.1 cm³/mol. The van der Waals surface area contributed by atoms with Gasteiger partial charge in [-0.05, 0) is 29.3 Å². The van der Waals surface area contributed by atoms with Crippen LogP contribution in [0.5, 0.6) is 0 Å². The summed E-state index contributed by atoms with van der Waals surface area (Å²) in [4.78, 5) is 11.2. The van der Waals surface area contributed by atoms with Gasteiger partial charge in [-0.3, -0.25) is 0 Å². The molecule has 102 valence electrons. The molecule has 0 unspecified atom stereocenters. The monoisotopic (exact) mass is 288 g/mol. The molecule has 20 heavy (non-hydrogen) atoms. The molecule has 0 fully saturated rings. The Morgan fingerprint density at radius 1 is 1.15 bits per heavy atom. The fourth-order valence-electron chi connectivity index (χ4n) is 1.71. The van der Waals surface area contributed by atoms with Crippen molar-refractivity contribution in [3.8, 4) is 0 Å². The van der Waals surface area contributed by atoms with Gasteiger partial charge in [-0.1, -0.05) is 36.4 Å². The van der Waals surface area contributed by atoms with Crippen molar-refractivity contribution in [2.45, 2.75) is 10.6 Å². The maximum Gasteiger partial charge on any atom is 0.328 e. The van der Waals surface area contributed by atoms with E-state index in [0.717, 1.165) is 17.2 Å². The zero-order valence-corrected chi connectivity index (χ0v) is 11.4. The van der Waals surface area contributed by atoms with Crippen LogP contribution in [-0.4, -0.2) is 11.1 Å². The molecule has 0 aliphatic carbocycles. The average Bonchev–Trinajstić information content (AvgIpc) is 2.45. The maximum atomic E-state index is 13.5. The molecule has 0 radical (unpaired) electrons. The van der Waals surface area contributed by atoms with E-state index in [-0.39, 0.29) is 5.82 Å². The normalized spacial score (nSPS) is 10.8. The van der Waals surface area contributed by atoms with Gasteiger partial charge < -0.3 is 5.11 Å². The van der Waals surface area contributed by atoms with Crippen LogP contribution in [0.2, 0.25) is 0 Å². The van der Waals surface area contributed by atoms with E-state index in [1.165, 1.54) is 17.8 Å². The number of halogens is 1. The predicted octanol–water partition coefficient (Wildman–Crippen LogP) is 4.22. The lowest BCUT2D eigenvalue weighted by atomic mass is 10.1. The molecule has 0 atom stereocenters. The van der Waals surface area contributed by atoms with E-state index in [2.05, 4.69) is 0 Å². The number of hydrogen-bond acceptors (Lipinski definition) is 2. The fraction of sp³-hybridized carbons (Fsp3) is 0.0625. The van der Waals surface area contributed by atoms with E-state index < -0.39 is 5.97 Å². The van der Waals surface area contributed by atoms with Crippen LogP contribution in [0.1, 0.15) is 11.1 Å². The zero-order valence-electron chi connectivity index (χ0n) is 10.6. The third kappa shape index (κ3) is 3.96. The summed E-state index contributed by atoms with van der Waals surface area (Å²) >= 11 is 1.39.